The van der Waals surface area contributed by atoms with Crippen LogP contribution in [0.25, 0.3) is 0 Å². The van der Waals surface area contributed by atoms with E-state index in [1.54, 1.807) is 19.2 Å². The van der Waals surface area contributed by atoms with E-state index in [9.17, 15) is 0 Å². The predicted molar refractivity (Wildman–Crippen MR) is 69.0 cm³/mol. The summed E-state index contributed by atoms with van der Waals surface area (Å²) in [5.41, 5.74) is 7.00. The highest BCUT2D eigenvalue weighted by Crippen LogP contribution is 2.28. The van der Waals surface area contributed by atoms with Gasteiger partial charge >= 0.3 is 0 Å². The van der Waals surface area contributed by atoms with Crippen LogP contribution < -0.4 is 5.73 Å². The van der Waals surface area contributed by atoms with Crippen molar-refractivity contribution in [2.45, 2.75) is 19.4 Å². The van der Waals surface area contributed by atoms with E-state index in [4.69, 9.17) is 33.7 Å². The number of hydrogen-bond donors (Lipinski definition) is 1. The summed E-state index contributed by atoms with van der Waals surface area (Å²) in [5.74, 6) is 0.398. The van der Waals surface area contributed by atoms with Crippen LogP contribution in [0.1, 0.15) is 24.9 Å². The zero-order chi connectivity index (χ0) is 12.1. The molecule has 2 N–H and O–H groups in total. The van der Waals surface area contributed by atoms with Crippen molar-refractivity contribution in [1.29, 1.82) is 0 Å². The van der Waals surface area contributed by atoms with Crippen LogP contribution >= 0.6 is 23.2 Å². The molecule has 0 saturated carbocycles. The Kier molecular flexibility index (Phi) is 5.56. The van der Waals surface area contributed by atoms with E-state index < -0.39 is 0 Å². The topological polar surface area (TPSA) is 35.2 Å². The molecule has 0 heterocycles. The molecule has 0 aliphatic rings. The molecule has 2 unspecified atom stereocenters. The molecule has 0 aliphatic heterocycles. The monoisotopic (exact) mass is 261 g/mol. The number of nitrogens with two attached hydrogens (primary N) is 1. The Morgan fingerprint density at radius 2 is 2.06 bits per heavy atom. The van der Waals surface area contributed by atoms with E-state index in [0.717, 1.165) is 12.0 Å². The molecule has 1 rings (SSSR count). The molecule has 0 spiro atoms. The fraction of sp³-hybridized carbons (Fsp3) is 0.500. The average Bonchev–Trinajstić information content (AvgIpc) is 2.21. The van der Waals surface area contributed by atoms with Crippen molar-refractivity contribution in [3.63, 3.8) is 0 Å². The first-order valence-electron chi connectivity index (χ1n) is 5.24. The number of halogens is 2. The van der Waals surface area contributed by atoms with Crippen molar-refractivity contribution in [1.82, 2.24) is 0 Å². The molecule has 0 fully saturated rings. The summed E-state index contributed by atoms with van der Waals surface area (Å²) in [6.45, 7) is 2.80. The summed E-state index contributed by atoms with van der Waals surface area (Å²) in [7, 11) is 1.69. The third-order valence-corrected chi connectivity index (χ3v) is 3.04. The number of hydrogen-bond acceptors (Lipinski definition) is 2. The predicted octanol–water partition coefficient (Wildman–Crippen LogP) is 3.67. The third-order valence-electron chi connectivity index (χ3n) is 2.47. The molecule has 0 amide bonds. The van der Waals surface area contributed by atoms with Crippen molar-refractivity contribution in [3.05, 3.63) is 33.8 Å². The highest BCUT2D eigenvalue weighted by Gasteiger charge is 2.14. The normalized spacial score (nSPS) is 14.8. The lowest BCUT2D eigenvalue weighted by Crippen LogP contribution is -2.17. The van der Waals surface area contributed by atoms with Crippen LogP contribution in [0, 0.1) is 5.92 Å². The Labute approximate surface area is 107 Å². The number of ether oxygens (including phenoxy) is 1. The molecule has 90 valence electrons. The van der Waals surface area contributed by atoms with Crippen molar-refractivity contribution < 1.29 is 4.74 Å². The third kappa shape index (κ3) is 3.95. The maximum absolute atomic E-state index is 6.10. The van der Waals surface area contributed by atoms with E-state index >= 15 is 0 Å². The molecule has 16 heavy (non-hydrogen) atoms. The van der Waals surface area contributed by atoms with Crippen LogP contribution in [0.2, 0.25) is 10.0 Å². The Bertz CT molecular complexity index is 344. The van der Waals surface area contributed by atoms with Crippen LogP contribution in [0.3, 0.4) is 0 Å². The van der Waals surface area contributed by atoms with Gasteiger partial charge in [-0.3, -0.25) is 0 Å². The van der Waals surface area contributed by atoms with Gasteiger partial charge in [0.2, 0.25) is 0 Å². The lowest BCUT2D eigenvalue weighted by atomic mass is 9.97. The van der Waals surface area contributed by atoms with Gasteiger partial charge in [-0.1, -0.05) is 30.1 Å². The van der Waals surface area contributed by atoms with Crippen LogP contribution in [0.4, 0.5) is 0 Å². The van der Waals surface area contributed by atoms with E-state index in [1.807, 2.05) is 6.07 Å². The maximum Gasteiger partial charge on any atom is 0.0488 e. The maximum atomic E-state index is 6.10. The molecule has 0 aliphatic carbocycles. The molecule has 0 bridgehead atoms. The van der Waals surface area contributed by atoms with Crippen LogP contribution in [0.15, 0.2) is 18.2 Å². The molecule has 2 nitrogen and oxygen atoms in total. The van der Waals surface area contributed by atoms with Gasteiger partial charge in [0.25, 0.3) is 0 Å². The van der Waals surface area contributed by atoms with Crippen molar-refractivity contribution in [2.24, 2.45) is 11.7 Å². The Hall–Kier alpha value is -0.280. The van der Waals surface area contributed by atoms with E-state index in [2.05, 4.69) is 6.92 Å². The van der Waals surface area contributed by atoms with E-state index in [0.29, 0.717) is 22.6 Å². The van der Waals surface area contributed by atoms with Gasteiger partial charge in [0, 0.05) is 29.8 Å². The molecule has 1 aromatic rings. The van der Waals surface area contributed by atoms with E-state index in [1.165, 1.54) is 0 Å². The molecular formula is C12H17Cl2NO. The summed E-state index contributed by atoms with van der Waals surface area (Å²) in [6.07, 6.45) is 0.827. The number of methoxy groups -OCH3 is 1. The largest absolute Gasteiger partial charge is 0.384 e. The second-order valence-corrected chi connectivity index (χ2v) is 4.91. The highest BCUT2D eigenvalue weighted by molar-refractivity contribution is 6.33. The Morgan fingerprint density at radius 1 is 1.38 bits per heavy atom. The lowest BCUT2D eigenvalue weighted by molar-refractivity contribution is 0.152. The van der Waals surface area contributed by atoms with Gasteiger partial charge in [0.1, 0.15) is 0 Å². The van der Waals surface area contributed by atoms with Gasteiger partial charge in [0.05, 0.1) is 0 Å². The van der Waals surface area contributed by atoms with Crippen LogP contribution in [-0.4, -0.2) is 13.7 Å². The van der Waals surface area contributed by atoms with Crippen LogP contribution in [0.5, 0.6) is 0 Å². The minimum Gasteiger partial charge on any atom is -0.384 e. The summed E-state index contributed by atoms with van der Waals surface area (Å²) in [4.78, 5) is 0. The number of rotatable bonds is 5. The fourth-order valence-corrected chi connectivity index (χ4v) is 2.15. The van der Waals surface area contributed by atoms with Crippen molar-refractivity contribution in [3.8, 4) is 0 Å². The van der Waals surface area contributed by atoms with Gasteiger partial charge in [-0.25, -0.2) is 0 Å². The van der Waals surface area contributed by atoms with Crippen molar-refractivity contribution >= 4 is 23.2 Å². The number of benzene rings is 1. The van der Waals surface area contributed by atoms with E-state index in [-0.39, 0.29) is 6.04 Å². The molecule has 1 aromatic carbocycles. The molecule has 4 heteroatoms. The highest BCUT2D eigenvalue weighted by atomic mass is 35.5. The summed E-state index contributed by atoms with van der Waals surface area (Å²) >= 11 is 12.0. The molecule has 0 saturated heterocycles. The first-order chi connectivity index (χ1) is 7.54. The van der Waals surface area contributed by atoms with Gasteiger partial charge in [-0.2, -0.15) is 0 Å². The smallest absolute Gasteiger partial charge is 0.0488 e. The van der Waals surface area contributed by atoms with Crippen molar-refractivity contribution in [2.75, 3.05) is 13.7 Å². The van der Waals surface area contributed by atoms with Gasteiger partial charge in [-0.05, 0) is 36.1 Å². The minimum atomic E-state index is -0.101. The molecule has 0 radical (unpaired) electrons. The lowest BCUT2D eigenvalue weighted by Gasteiger charge is -2.18. The summed E-state index contributed by atoms with van der Waals surface area (Å²) in [6, 6.07) is 5.27. The molecule has 0 aromatic heterocycles. The fourth-order valence-electron chi connectivity index (χ4n) is 1.71. The quantitative estimate of drug-likeness (QED) is 0.878. The SMILES string of the molecule is COCC(C)CC(N)c1cc(Cl)ccc1Cl. The first-order valence-corrected chi connectivity index (χ1v) is 5.99. The minimum absolute atomic E-state index is 0.101. The first kappa shape index (κ1) is 13.8. The van der Waals surface area contributed by atoms with Crippen LogP contribution in [-0.2, 0) is 4.74 Å². The second-order valence-electron chi connectivity index (χ2n) is 4.07. The average molecular weight is 262 g/mol. The zero-order valence-corrected chi connectivity index (χ0v) is 11.1. The van der Waals surface area contributed by atoms with Gasteiger partial charge in [-0.15, -0.1) is 0 Å². The Morgan fingerprint density at radius 3 is 2.69 bits per heavy atom. The van der Waals surface area contributed by atoms with Gasteiger partial charge < -0.3 is 10.5 Å². The summed E-state index contributed by atoms with van der Waals surface area (Å²) in [5, 5.41) is 1.33. The second kappa shape index (κ2) is 6.45. The molecule has 2 atom stereocenters. The zero-order valence-electron chi connectivity index (χ0n) is 9.54. The standard InChI is InChI=1S/C12H17Cl2NO/c1-8(7-16-2)5-12(15)10-6-9(13)3-4-11(10)14/h3-4,6,8,12H,5,7,15H2,1-2H3. The summed E-state index contributed by atoms with van der Waals surface area (Å²) < 4.78 is 5.08. The Balaban J connectivity index is 2.72. The molecular weight excluding hydrogens is 245 g/mol. The van der Waals surface area contributed by atoms with Gasteiger partial charge in [0.15, 0.2) is 0 Å².